The molecule has 0 aliphatic carbocycles. The van der Waals surface area contributed by atoms with Gasteiger partial charge >= 0.3 is 0 Å². The molecule has 0 spiro atoms. The van der Waals surface area contributed by atoms with Gasteiger partial charge < -0.3 is 0 Å². The van der Waals surface area contributed by atoms with Crippen molar-refractivity contribution in [1.82, 2.24) is 0 Å². The number of carbonyl (C=O) groups excluding carboxylic acids is 1. The van der Waals surface area contributed by atoms with Gasteiger partial charge in [0, 0.05) is 0 Å². The zero-order valence-electron chi connectivity index (χ0n) is 3.22. The Morgan fingerprint density at radius 2 is 2.33 bits per heavy atom. The smallest absolute Gasteiger partial charge is 0.143 e. The summed E-state index contributed by atoms with van der Waals surface area (Å²) in [5, 5.41) is 0. The van der Waals surface area contributed by atoms with Crippen LogP contribution in [-0.2, 0) is 4.79 Å². The molecule has 0 fully saturated rings. The van der Waals surface area contributed by atoms with E-state index in [1.54, 1.807) is 0 Å². The third-order valence-electron chi connectivity index (χ3n) is 0.271. The molecule has 0 aromatic carbocycles. The predicted octanol–water partition coefficient (Wildman–Crippen LogP) is 0.375. The minimum Gasteiger partial charge on any atom is -0.299 e. The fraction of sp³-hybridized carbons (Fsp3) is 0. The summed E-state index contributed by atoms with van der Waals surface area (Å²) in [6, 6.07) is 0. The highest BCUT2D eigenvalue weighted by Crippen LogP contribution is 1.56. The van der Waals surface area contributed by atoms with Gasteiger partial charge in [-0.1, -0.05) is 5.92 Å². The van der Waals surface area contributed by atoms with Gasteiger partial charge in [0.25, 0.3) is 0 Å². The molecule has 6 heavy (non-hydrogen) atoms. The molecule has 0 heterocycles. The van der Waals surface area contributed by atoms with Crippen molar-refractivity contribution < 1.29 is 4.79 Å². The molecule has 0 atom stereocenters. The first-order valence-corrected chi connectivity index (χ1v) is 1.48. The van der Waals surface area contributed by atoms with E-state index in [1.165, 1.54) is 12.2 Å². The van der Waals surface area contributed by atoms with Crippen LogP contribution in [0.4, 0.5) is 0 Å². The summed E-state index contributed by atoms with van der Waals surface area (Å²) in [4.78, 5) is 9.38. The van der Waals surface area contributed by atoms with Crippen molar-refractivity contribution in [2.75, 3.05) is 0 Å². The summed E-state index contributed by atoms with van der Waals surface area (Å²) in [5.74, 6) is 2.16. The van der Waals surface area contributed by atoms with Crippen molar-refractivity contribution in [3.8, 4) is 12.3 Å². The molecule has 0 amide bonds. The Kier molecular flexibility index (Phi) is 3.29. The maximum Gasteiger partial charge on any atom is 0.143 e. The quantitative estimate of drug-likeness (QED) is 0.253. The Labute approximate surface area is 36.7 Å². The van der Waals surface area contributed by atoms with E-state index in [0.29, 0.717) is 6.29 Å². The van der Waals surface area contributed by atoms with Crippen LogP contribution in [0.15, 0.2) is 12.2 Å². The normalized spacial score (nSPS) is 7.83. The second-order valence-corrected chi connectivity index (χ2v) is 0.662. The van der Waals surface area contributed by atoms with Crippen molar-refractivity contribution in [2.24, 2.45) is 0 Å². The van der Waals surface area contributed by atoms with Crippen molar-refractivity contribution >= 4 is 6.29 Å². The fourth-order valence-corrected chi connectivity index (χ4v) is 0.0948. The van der Waals surface area contributed by atoms with Crippen LogP contribution in [0.1, 0.15) is 0 Å². The largest absolute Gasteiger partial charge is 0.299 e. The molecule has 0 radical (unpaired) electrons. The number of hydrogen-bond acceptors (Lipinski definition) is 1. The molecule has 0 aliphatic rings. The number of aldehydes is 1. The Morgan fingerprint density at radius 1 is 1.67 bits per heavy atom. The summed E-state index contributed by atoms with van der Waals surface area (Å²) in [6.07, 6.45) is 7.96. The lowest BCUT2D eigenvalue weighted by Crippen LogP contribution is -1.52. The van der Waals surface area contributed by atoms with Crippen molar-refractivity contribution in [1.29, 1.82) is 0 Å². The molecular formula is C5H4O. The average Bonchev–Trinajstić information content (AvgIpc) is 1.61. The first-order valence-electron chi connectivity index (χ1n) is 1.48. The lowest BCUT2D eigenvalue weighted by Gasteiger charge is -1.53. The third kappa shape index (κ3) is 2.97. The van der Waals surface area contributed by atoms with Crippen LogP contribution in [0.5, 0.6) is 0 Å². The van der Waals surface area contributed by atoms with Crippen molar-refractivity contribution in [2.45, 2.75) is 0 Å². The maximum atomic E-state index is 9.38. The lowest BCUT2D eigenvalue weighted by atomic mass is 10.5. The number of rotatable bonds is 1. The second kappa shape index (κ2) is 3.97. The van der Waals surface area contributed by atoms with E-state index < -0.39 is 0 Å². The van der Waals surface area contributed by atoms with Crippen molar-refractivity contribution in [3.63, 3.8) is 0 Å². The molecule has 0 aromatic rings. The molecule has 0 saturated carbocycles. The topological polar surface area (TPSA) is 17.1 Å². The maximum absolute atomic E-state index is 9.38. The minimum absolute atomic E-state index is 0.639. The molecule has 0 bridgehead atoms. The van der Waals surface area contributed by atoms with E-state index in [4.69, 9.17) is 6.42 Å². The molecule has 0 rings (SSSR count). The molecule has 1 nitrogen and oxygen atoms in total. The average molecular weight is 80.1 g/mol. The van der Waals surface area contributed by atoms with Gasteiger partial charge in [-0.2, -0.15) is 0 Å². The third-order valence-corrected chi connectivity index (χ3v) is 0.271. The van der Waals surface area contributed by atoms with Crippen LogP contribution in [0.2, 0.25) is 0 Å². The van der Waals surface area contributed by atoms with E-state index >= 15 is 0 Å². The standard InChI is InChI=1S/C5H4O/c1-2-3-4-5-6/h1,3-5H/b4-3-. The Bertz CT molecular complexity index is 95.0. The van der Waals surface area contributed by atoms with Gasteiger partial charge in [-0.3, -0.25) is 4.79 Å². The molecule has 0 aromatic heterocycles. The molecule has 1 heteroatoms. The Hall–Kier alpha value is -1.03. The summed E-state index contributed by atoms with van der Waals surface area (Å²) in [5.41, 5.74) is 0. The van der Waals surface area contributed by atoms with E-state index in [-0.39, 0.29) is 0 Å². The number of carbonyl (C=O) groups is 1. The minimum atomic E-state index is 0.639. The lowest BCUT2D eigenvalue weighted by molar-refractivity contribution is -0.104. The number of allylic oxidation sites excluding steroid dienone is 2. The van der Waals surface area contributed by atoms with E-state index in [9.17, 15) is 4.79 Å². The first kappa shape index (κ1) is 4.97. The van der Waals surface area contributed by atoms with E-state index in [0.717, 1.165) is 0 Å². The van der Waals surface area contributed by atoms with Gasteiger partial charge in [0.2, 0.25) is 0 Å². The summed E-state index contributed by atoms with van der Waals surface area (Å²) in [6.45, 7) is 0. The highest BCUT2D eigenvalue weighted by molar-refractivity contribution is 5.65. The molecule has 0 saturated heterocycles. The second-order valence-electron chi connectivity index (χ2n) is 0.662. The highest BCUT2D eigenvalue weighted by Gasteiger charge is 1.52. The van der Waals surface area contributed by atoms with Gasteiger partial charge in [0.05, 0.1) is 0 Å². The summed E-state index contributed by atoms with van der Waals surface area (Å²) in [7, 11) is 0. The Balaban J connectivity index is 3.26. The van der Waals surface area contributed by atoms with Gasteiger partial charge in [-0.15, -0.1) is 6.42 Å². The predicted molar refractivity (Wildman–Crippen MR) is 24.0 cm³/mol. The van der Waals surface area contributed by atoms with Crippen LogP contribution in [0.3, 0.4) is 0 Å². The molecule has 0 N–H and O–H groups in total. The van der Waals surface area contributed by atoms with Crippen LogP contribution in [-0.4, -0.2) is 6.29 Å². The van der Waals surface area contributed by atoms with E-state index in [2.05, 4.69) is 5.92 Å². The summed E-state index contributed by atoms with van der Waals surface area (Å²) >= 11 is 0. The Morgan fingerprint density at radius 3 is 2.50 bits per heavy atom. The first-order chi connectivity index (χ1) is 2.91. The molecular weight excluding hydrogens is 76.1 g/mol. The molecule has 0 aliphatic heterocycles. The zero-order chi connectivity index (χ0) is 4.83. The zero-order valence-corrected chi connectivity index (χ0v) is 3.22. The fourth-order valence-electron chi connectivity index (χ4n) is 0.0948. The molecule has 30 valence electrons. The van der Waals surface area contributed by atoms with Crippen LogP contribution in [0.25, 0.3) is 0 Å². The number of hydrogen-bond donors (Lipinski definition) is 0. The van der Waals surface area contributed by atoms with Gasteiger partial charge in [-0.05, 0) is 12.2 Å². The SMILES string of the molecule is C#C/C=C\C=O. The molecule has 0 unspecified atom stereocenters. The van der Waals surface area contributed by atoms with Crippen LogP contribution < -0.4 is 0 Å². The van der Waals surface area contributed by atoms with Gasteiger partial charge in [0.15, 0.2) is 0 Å². The van der Waals surface area contributed by atoms with Crippen molar-refractivity contribution in [3.05, 3.63) is 12.2 Å². The van der Waals surface area contributed by atoms with Gasteiger partial charge in [0.1, 0.15) is 6.29 Å². The number of terminal acetylenes is 1. The monoisotopic (exact) mass is 80.0 g/mol. The van der Waals surface area contributed by atoms with Crippen LogP contribution in [0, 0.1) is 12.3 Å². The summed E-state index contributed by atoms with van der Waals surface area (Å²) < 4.78 is 0. The van der Waals surface area contributed by atoms with Crippen LogP contribution >= 0.6 is 0 Å². The van der Waals surface area contributed by atoms with E-state index in [1.807, 2.05) is 0 Å². The van der Waals surface area contributed by atoms with Gasteiger partial charge in [-0.25, -0.2) is 0 Å². The highest BCUT2D eigenvalue weighted by atomic mass is 16.1.